The number of rotatable bonds is 3. The molecule has 1 N–H and O–H groups in total. The number of anilines is 1. The number of carbonyl (C=O) groups is 1. The molecular formula is C19H19N5O2. The van der Waals surface area contributed by atoms with E-state index >= 15 is 0 Å². The van der Waals surface area contributed by atoms with E-state index in [4.69, 9.17) is 4.42 Å². The normalized spacial score (nSPS) is 12.0. The Morgan fingerprint density at radius 2 is 1.96 bits per heavy atom. The van der Waals surface area contributed by atoms with Crippen LogP contribution in [0.25, 0.3) is 22.1 Å². The highest BCUT2D eigenvalue weighted by Gasteiger charge is 2.21. The smallest absolute Gasteiger partial charge is 0.246 e. The summed E-state index contributed by atoms with van der Waals surface area (Å²) >= 11 is 0. The first kappa shape index (κ1) is 16.3. The maximum Gasteiger partial charge on any atom is 0.246 e. The fourth-order valence-corrected chi connectivity index (χ4v) is 2.70. The SMILES string of the molecule is CC(C)(C)c1nc2cc(NC(=O)Cn3nnc4ccccc43)ccc2o1. The monoisotopic (exact) mass is 349 g/mol. The average molecular weight is 349 g/mol. The van der Waals surface area contributed by atoms with Gasteiger partial charge >= 0.3 is 0 Å². The number of nitrogens with zero attached hydrogens (tertiary/aromatic N) is 4. The molecule has 132 valence electrons. The van der Waals surface area contributed by atoms with Gasteiger partial charge in [-0.3, -0.25) is 4.79 Å². The van der Waals surface area contributed by atoms with Crippen molar-refractivity contribution >= 4 is 33.7 Å². The lowest BCUT2D eigenvalue weighted by atomic mass is 9.97. The number of hydrogen-bond donors (Lipinski definition) is 1. The second kappa shape index (κ2) is 5.94. The highest BCUT2D eigenvalue weighted by Crippen LogP contribution is 2.27. The van der Waals surface area contributed by atoms with Crippen molar-refractivity contribution in [3.05, 3.63) is 48.4 Å². The fourth-order valence-electron chi connectivity index (χ4n) is 2.70. The molecule has 4 aromatic rings. The highest BCUT2D eigenvalue weighted by atomic mass is 16.3. The van der Waals surface area contributed by atoms with Gasteiger partial charge in [-0.25, -0.2) is 9.67 Å². The molecule has 0 atom stereocenters. The number of aromatic nitrogens is 4. The summed E-state index contributed by atoms with van der Waals surface area (Å²) in [5, 5.41) is 11.0. The molecule has 2 heterocycles. The minimum absolute atomic E-state index is 0.0879. The molecule has 0 saturated heterocycles. The van der Waals surface area contributed by atoms with Crippen LogP contribution in [0, 0.1) is 0 Å². The predicted molar refractivity (Wildman–Crippen MR) is 98.9 cm³/mol. The van der Waals surface area contributed by atoms with E-state index in [0.717, 1.165) is 16.6 Å². The van der Waals surface area contributed by atoms with Crippen LogP contribution in [0.1, 0.15) is 26.7 Å². The van der Waals surface area contributed by atoms with Gasteiger partial charge in [0.2, 0.25) is 11.8 Å². The Bertz CT molecular complexity index is 1100. The zero-order valence-electron chi connectivity index (χ0n) is 14.9. The number of oxazole rings is 1. The lowest BCUT2D eigenvalue weighted by molar-refractivity contribution is -0.116. The number of nitrogens with one attached hydrogen (secondary N) is 1. The van der Waals surface area contributed by atoms with Crippen LogP contribution >= 0.6 is 0 Å². The van der Waals surface area contributed by atoms with Gasteiger partial charge in [-0.2, -0.15) is 0 Å². The topological polar surface area (TPSA) is 85.8 Å². The number of carbonyl (C=O) groups excluding carboxylic acids is 1. The van der Waals surface area contributed by atoms with Gasteiger partial charge in [0.1, 0.15) is 17.6 Å². The summed E-state index contributed by atoms with van der Waals surface area (Å²) in [7, 11) is 0. The average Bonchev–Trinajstić information content (AvgIpc) is 3.19. The van der Waals surface area contributed by atoms with Crippen LogP contribution in [-0.4, -0.2) is 25.9 Å². The van der Waals surface area contributed by atoms with Gasteiger partial charge in [0.25, 0.3) is 0 Å². The molecule has 0 saturated carbocycles. The third kappa shape index (κ3) is 3.03. The summed E-state index contributed by atoms with van der Waals surface area (Å²) in [6.45, 7) is 6.22. The molecule has 7 heteroatoms. The Morgan fingerprint density at radius 3 is 2.77 bits per heavy atom. The van der Waals surface area contributed by atoms with Crippen LogP contribution in [0.2, 0.25) is 0 Å². The van der Waals surface area contributed by atoms with E-state index in [0.29, 0.717) is 17.2 Å². The first-order valence-corrected chi connectivity index (χ1v) is 8.39. The molecule has 4 rings (SSSR count). The number of fused-ring (bicyclic) bond motifs is 2. The van der Waals surface area contributed by atoms with Crippen LogP contribution in [0.5, 0.6) is 0 Å². The van der Waals surface area contributed by atoms with E-state index in [1.54, 1.807) is 10.7 Å². The Labute approximate surface area is 150 Å². The Balaban J connectivity index is 1.54. The minimum atomic E-state index is -0.181. The van der Waals surface area contributed by atoms with Crippen molar-refractivity contribution in [2.45, 2.75) is 32.7 Å². The van der Waals surface area contributed by atoms with Crippen molar-refractivity contribution in [2.75, 3.05) is 5.32 Å². The van der Waals surface area contributed by atoms with Crippen LogP contribution in [0.3, 0.4) is 0 Å². The van der Waals surface area contributed by atoms with Crippen molar-refractivity contribution < 1.29 is 9.21 Å². The number of hydrogen-bond acceptors (Lipinski definition) is 5. The van der Waals surface area contributed by atoms with Crippen LogP contribution in [0.15, 0.2) is 46.9 Å². The van der Waals surface area contributed by atoms with Crippen molar-refractivity contribution in [3.63, 3.8) is 0 Å². The molecule has 7 nitrogen and oxygen atoms in total. The molecule has 1 amide bonds. The summed E-state index contributed by atoms with van der Waals surface area (Å²) in [5.41, 5.74) is 3.51. The van der Waals surface area contributed by atoms with Crippen molar-refractivity contribution in [3.8, 4) is 0 Å². The molecule has 0 aliphatic heterocycles. The fraction of sp³-hybridized carbons (Fsp3) is 0.263. The van der Waals surface area contributed by atoms with Crippen LogP contribution in [0.4, 0.5) is 5.69 Å². The highest BCUT2D eigenvalue weighted by molar-refractivity contribution is 5.93. The lowest BCUT2D eigenvalue weighted by Gasteiger charge is -2.11. The van der Waals surface area contributed by atoms with Crippen molar-refractivity contribution in [1.29, 1.82) is 0 Å². The maximum absolute atomic E-state index is 12.4. The van der Waals surface area contributed by atoms with Crippen LogP contribution in [-0.2, 0) is 16.8 Å². The van der Waals surface area contributed by atoms with E-state index < -0.39 is 0 Å². The summed E-state index contributed by atoms with van der Waals surface area (Å²) in [4.78, 5) is 16.9. The molecule has 0 fully saturated rings. The molecule has 0 unspecified atom stereocenters. The second-order valence-electron chi connectivity index (χ2n) is 7.24. The summed E-state index contributed by atoms with van der Waals surface area (Å²) in [6.07, 6.45) is 0. The van der Waals surface area contributed by atoms with Crippen molar-refractivity contribution in [2.24, 2.45) is 0 Å². The molecule has 2 aromatic heterocycles. The Kier molecular flexibility index (Phi) is 3.72. The molecule has 0 spiro atoms. The van der Waals surface area contributed by atoms with E-state index in [2.05, 4.69) is 20.6 Å². The molecular weight excluding hydrogens is 330 g/mol. The first-order chi connectivity index (χ1) is 12.4. The third-order valence-electron chi connectivity index (χ3n) is 4.03. The number of benzene rings is 2. The zero-order chi connectivity index (χ0) is 18.3. The van der Waals surface area contributed by atoms with E-state index in [1.807, 2.05) is 57.2 Å². The Morgan fingerprint density at radius 1 is 1.15 bits per heavy atom. The number of amides is 1. The molecule has 0 bridgehead atoms. The van der Waals surface area contributed by atoms with E-state index in [9.17, 15) is 4.79 Å². The van der Waals surface area contributed by atoms with Crippen LogP contribution < -0.4 is 5.32 Å². The zero-order valence-corrected chi connectivity index (χ0v) is 14.9. The summed E-state index contributed by atoms with van der Waals surface area (Å²) < 4.78 is 7.36. The predicted octanol–water partition coefficient (Wildman–Crippen LogP) is 3.51. The molecule has 0 aliphatic rings. The summed E-state index contributed by atoms with van der Waals surface area (Å²) in [6, 6.07) is 13.0. The number of para-hydroxylation sites is 1. The van der Waals surface area contributed by atoms with Gasteiger partial charge < -0.3 is 9.73 Å². The van der Waals surface area contributed by atoms with E-state index in [1.165, 1.54) is 0 Å². The summed E-state index contributed by atoms with van der Waals surface area (Å²) in [5.74, 6) is 0.490. The standard InChI is InChI=1S/C19H19N5O2/c1-19(2,3)18-21-14-10-12(8-9-16(14)26-18)20-17(25)11-24-15-7-5-4-6-13(15)22-23-24/h4-10H,11H2,1-3H3,(H,20,25). The second-order valence-corrected chi connectivity index (χ2v) is 7.24. The van der Waals surface area contributed by atoms with Gasteiger partial charge in [-0.05, 0) is 30.3 Å². The van der Waals surface area contributed by atoms with Crippen molar-refractivity contribution in [1.82, 2.24) is 20.0 Å². The molecule has 2 aromatic carbocycles. The molecule has 0 radical (unpaired) electrons. The molecule has 26 heavy (non-hydrogen) atoms. The minimum Gasteiger partial charge on any atom is -0.440 e. The third-order valence-corrected chi connectivity index (χ3v) is 4.03. The van der Waals surface area contributed by atoms with Gasteiger partial charge in [-0.15, -0.1) is 5.10 Å². The lowest BCUT2D eigenvalue weighted by Crippen LogP contribution is -2.19. The van der Waals surface area contributed by atoms with Gasteiger partial charge in [0, 0.05) is 11.1 Å². The van der Waals surface area contributed by atoms with Gasteiger partial charge in [-0.1, -0.05) is 38.1 Å². The van der Waals surface area contributed by atoms with E-state index in [-0.39, 0.29) is 17.9 Å². The van der Waals surface area contributed by atoms with Gasteiger partial charge in [0.05, 0.1) is 5.52 Å². The quantitative estimate of drug-likeness (QED) is 0.612. The molecule has 0 aliphatic carbocycles. The Hall–Kier alpha value is -3.22. The largest absolute Gasteiger partial charge is 0.440 e. The maximum atomic E-state index is 12.4. The first-order valence-electron chi connectivity index (χ1n) is 8.39. The van der Waals surface area contributed by atoms with Gasteiger partial charge in [0.15, 0.2) is 5.58 Å².